The highest BCUT2D eigenvalue weighted by molar-refractivity contribution is 5.66. The first-order valence-corrected chi connectivity index (χ1v) is 8.61. The number of rotatable bonds is 2. The number of nitrogens with zero attached hydrogens (tertiary/aromatic N) is 1. The summed E-state index contributed by atoms with van der Waals surface area (Å²) in [5.41, 5.74) is 0. The summed E-state index contributed by atoms with van der Waals surface area (Å²) < 4.78 is 7.02. The van der Waals surface area contributed by atoms with Crippen molar-refractivity contribution >= 4 is 5.97 Å². The van der Waals surface area contributed by atoms with Crippen molar-refractivity contribution in [3.63, 3.8) is 0 Å². The van der Waals surface area contributed by atoms with E-state index in [1.54, 1.807) is 6.92 Å². The van der Waals surface area contributed by atoms with E-state index in [1.165, 1.54) is 68.9 Å². The third-order valence-electron chi connectivity index (χ3n) is 6.27. The molecule has 3 aliphatic rings. The van der Waals surface area contributed by atoms with Crippen LogP contribution in [-0.4, -0.2) is 42.7 Å². The monoisotopic (exact) mass is 280 g/mol. The molecule has 1 saturated heterocycles. The van der Waals surface area contributed by atoms with Crippen LogP contribution in [0.25, 0.3) is 0 Å². The lowest BCUT2D eigenvalue weighted by Gasteiger charge is -2.54. The average Bonchev–Trinajstić information content (AvgIpc) is 2.38. The highest BCUT2D eigenvalue weighted by Crippen LogP contribution is 2.46. The van der Waals surface area contributed by atoms with E-state index >= 15 is 0 Å². The largest absolute Gasteiger partial charge is 0.462 e. The number of likely N-dealkylation sites (tertiary alicyclic amines) is 1. The maximum absolute atomic E-state index is 11.5. The number of hydrogen-bond donors (Lipinski definition) is 0. The average molecular weight is 280 g/mol. The highest BCUT2D eigenvalue weighted by atomic mass is 16.5. The summed E-state index contributed by atoms with van der Waals surface area (Å²) in [5.74, 6) is 1.19. The third-order valence-corrected chi connectivity index (χ3v) is 6.27. The first-order valence-electron chi connectivity index (χ1n) is 8.61. The lowest BCUT2D eigenvalue weighted by Crippen LogP contribution is -2.63. The molecule has 114 valence electrons. The number of carbonyl (C=O) groups excluding carboxylic acids is 1. The number of quaternary nitrogens is 1. The third kappa shape index (κ3) is 2.61. The van der Waals surface area contributed by atoms with Crippen molar-refractivity contribution in [3.8, 4) is 0 Å². The molecular formula is C17H30NO2+. The fourth-order valence-electron chi connectivity index (χ4n) is 5.33. The van der Waals surface area contributed by atoms with Crippen LogP contribution >= 0.6 is 0 Å². The summed E-state index contributed by atoms with van der Waals surface area (Å²) in [6.45, 7) is 4.24. The van der Waals surface area contributed by atoms with Crippen LogP contribution in [-0.2, 0) is 9.53 Å². The van der Waals surface area contributed by atoms with Crippen LogP contribution in [0.1, 0.15) is 58.3 Å². The van der Waals surface area contributed by atoms with Gasteiger partial charge in [-0.1, -0.05) is 6.42 Å². The second kappa shape index (κ2) is 5.67. The molecular weight excluding hydrogens is 250 g/mol. The Hall–Kier alpha value is -0.570. The van der Waals surface area contributed by atoms with Gasteiger partial charge in [0.2, 0.25) is 0 Å². The topological polar surface area (TPSA) is 26.3 Å². The Balaban J connectivity index is 1.79. The molecule has 0 amide bonds. The summed E-state index contributed by atoms with van der Waals surface area (Å²) in [5, 5.41) is 0. The van der Waals surface area contributed by atoms with E-state index in [2.05, 4.69) is 7.05 Å². The first kappa shape index (κ1) is 14.4. The van der Waals surface area contributed by atoms with E-state index in [0.717, 1.165) is 6.04 Å². The zero-order valence-corrected chi connectivity index (χ0v) is 13.1. The van der Waals surface area contributed by atoms with Gasteiger partial charge in [0.1, 0.15) is 6.10 Å². The van der Waals surface area contributed by atoms with Crippen LogP contribution in [0.3, 0.4) is 0 Å². The van der Waals surface area contributed by atoms with Crippen molar-refractivity contribution in [1.82, 2.24) is 0 Å². The maximum atomic E-state index is 11.5. The molecule has 0 unspecified atom stereocenters. The summed E-state index contributed by atoms with van der Waals surface area (Å²) in [7, 11) is 2.46. The van der Waals surface area contributed by atoms with Crippen molar-refractivity contribution in [2.24, 2.45) is 11.8 Å². The highest BCUT2D eigenvalue weighted by Gasteiger charge is 2.50. The van der Waals surface area contributed by atoms with Crippen molar-refractivity contribution in [2.75, 3.05) is 20.1 Å². The number of fused-ring (bicyclic) bond motifs is 2. The molecule has 0 radical (unpaired) electrons. The van der Waals surface area contributed by atoms with Gasteiger partial charge in [0, 0.05) is 19.3 Å². The second-order valence-electron chi connectivity index (χ2n) is 7.56. The molecule has 2 aliphatic carbocycles. The number of hydrogen-bond acceptors (Lipinski definition) is 2. The zero-order chi connectivity index (χ0) is 14.2. The van der Waals surface area contributed by atoms with Gasteiger partial charge in [-0.15, -0.1) is 0 Å². The lowest BCUT2D eigenvalue weighted by molar-refractivity contribution is -0.943. The van der Waals surface area contributed by atoms with Gasteiger partial charge in [-0.05, 0) is 44.4 Å². The second-order valence-corrected chi connectivity index (χ2v) is 7.56. The Kier molecular flexibility index (Phi) is 4.07. The molecule has 3 nitrogen and oxygen atoms in total. The Morgan fingerprint density at radius 1 is 1.00 bits per heavy atom. The summed E-state index contributed by atoms with van der Waals surface area (Å²) in [6, 6.07) is 0.733. The van der Waals surface area contributed by atoms with Gasteiger partial charge in [-0.2, -0.15) is 0 Å². The molecule has 3 fully saturated rings. The van der Waals surface area contributed by atoms with E-state index in [4.69, 9.17) is 4.74 Å². The molecule has 2 saturated carbocycles. The van der Waals surface area contributed by atoms with Gasteiger partial charge in [-0.3, -0.25) is 4.79 Å². The normalized spacial score (nSPS) is 40.1. The molecule has 0 aromatic rings. The molecule has 20 heavy (non-hydrogen) atoms. The van der Waals surface area contributed by atoms with Gasteiger partial charge in [0.05, 0.1) is 26.2 Å². The van der Waals surface area contributed by atoms with Crippen molar-refractivity contribution in [2.45, 2.75) is 70.4 Å². The van der Waals surface area contributed by atoms with E-state index in [9.17, 15) is 4.79 Å². The minimum absolute atomic E-state index is 0.0751. The number of carbonyl (C=O) groups is 1. The molecule has 0 N–H and O–H groups in total. The Morgan fingerprint density at radius 3 is 2.45 bits per heavy atom. The molecule has 1 heterocycles. The van der Waals surface area contributed by atoms with E-state index < -0.39 is 0 Å². The van der Waals surface area contributed by atoms with Gasteiger partial charge in [0.15, 0.2) is 0 Å². The number of piperidine rings is 1. The minimum atomic E-state index is -0.0751. The fourth-order valence-corrected chi connectivity index (χ4v) is 5.33. The molecule has 2 bridgehead atoms. The van der Waals surface area contributed by atoms with Crippen LogP contribution in [0.2, 0.25) is 0 Å². The van der Waals surface area contributed by atoms with Crippen LogP contribution < -0.4 is 0 Å². The first-order chi connectivity index (χ1) is 9.60. The SMILES string of the molecule is CC(=O)O[C@H]1[C@H]2CCC[C@@H]1[C@@H]([N+]1(C)CCCCC1)CC2. The molecule has 0 aromatic heterocycles. The van der Waals surface area contributed by atoms with Crippen molar-refractivity contribution in [1.29, 1.82) is 0 Å². The van der Waals surface area contributed by atoms with Crippen LogP contribution in [0.5, 0.6) is 0 Å². The molecule has 0 aromatic carbocycles. The molecule has 4 atom stereocenters. The van der Waals surface area contributed by atoms with E-state index in [-0.39, 0.29) is 12.1 Å². The van der Waals surface area contributed by atoms with Gasteiger partial charge < -0.3 is 9.22 Å². The summed E-state index contributed by atoms with van der Waals surface area (Å²) in [6.07, 6.45) is 10.9. The van der Waals surface area contributed by atoms with Gasteiger partial charge >= 0.3 is 5.97 Å². The smallest absolute Gasteiger partial charge is 0.302 e. The Labute approximate surface area is 123 Å². The van der Waals surface area contributed by atoms with Crippen LogP contribution in [0.4, 0.5) is 0 Å². The molecule has 3 heteroatoms. The zero-order valence-electron chi connectivity index (χ0n) is 13.1. The fraction of sp³-hybridized carbons (Fsp3) is 0.941. The van der Waals surface area contributed by atoms with Gasteiger partial charge in [-0.25, -0.2) is 0 Å². The van der Waals surface area contributed by atoms with E-state index in [0.29, 0.717) is 11.8 Å². The van der Waals surface area contributed by atoms with Crippen molar-refractivity contribution < 1.29 is 14.0 Å². The predicted octanol–water partition coefficient (Wildman–Crippen LogP) is 3.13. The van der Waals surface area contributed by atoms with Crippen LogP contribution in [0, 0.1) is 11.8 Å². The predicted molar refractivity (Wildman–Crippen MR) is 79.2 cm³/mol. The summed E-state index contributed by atoms with van der Waals surface area (Å²) >= 11 is 0. The standard InChI is InChI=1S/C17H30NO2/c1-13(19)20-17-14-7-6-8-15(17)16(10-9-14)18(2)11-4-3-5-12-18/h14-17H,3-12H2,1-2H3/q+1/t14-,15+,16-,17-/m0/s1. The van der Waals surface area contributed by atoms with Gasteiger partial charge in [0.25, 0.3) is 0 Å². The lowest BCUT2D eigenvalue weighted by atomic mass is 9.66. The molecule has 3 rings (SSSR count). The molecule has 1 aliphatic heterocycles. The minimum Gasteiger partial charge on any atom is -0.462 e. The quantitative estimate of drug-likeness (QED) is 0.574. The Bertz CT molecular complexity index is 362. The number of esters is 1. The Morgan fingerprint density at radius 2 is 1.75 bits per heavy atom. The number of ether oxygens (including phenoxy) is 1. The molecule has 0 spiro atoms. The summed E-state index contributed by atoms with van der Waals surface area (Å²) in [4.78, 5) is 11.5. The van der Waals surface area contributed by atoms with E-state index in [1.807, 2.05) is 0 Å². The van der Waals surface area contributed by atoms with Crippen molar-refractivity contribution in [3.05, 3.63) is 0 Å². The maximum Gasteiger partial charge on any atom is 0.302 e. The van der Waals surface area contributed by atoms with Crippen LogP contribution in [0.15, 0.2) is 0 Å².